The summed E-state index contributed by atoms with van der Waals surface area (Å²) in [6.07, 6.45) is 5.56. The molecular weight excluding hydrogens is 210 g/mol. The lowest BCUT2D eigenvalue weighted by Crippen LogP contribution is -2.38. The molecule has 2 atom stereocenters. The van der Waals surface area contributed by atoms with Crippen LogP contribution < -0.4 is 5.32 Å². The van der Waals surface area contributed by atoms with Gasteiger partial charge in [-0.1, -0.05) is 43.5 Å². The van der Waals surface area contributed by atoms with E-state index < -0.39 is 0 Å². The maximum Gasteiger partial charge on any atom is 0.0693 e. The van der Waals surface area contributed by atoms with Crippen molar-refractivity contribution in [2.75, 3.05) is 0 Å². The number of hydrogen-bond acceptors (Lipinski definition) is 2. The van der Waals surface area contributed by atoms with Crippen LogP contribution in [0.1, 0.15) is 43.2 Å². The van der Waals surface area contributed by atoms with Crippen molar-refractivity contribution in [1.29, 1.82) is 0 Å². The number of benzene rings is 1. The fourth-order valence-electron chi connectivity index (χ4n) is 2.58. The van der Waals surface area contributed by atoms with Crippen LogP contribution in [0.15, 0.2) is 24.3 Å². The van der Waals surface area contributed by atoms with Crippen LogP contribution in [0.3, 0.4) is 0 Å². The van der Waals surface area contributed by atoms with Gasteiger partial charge < -0.3 is 10.4 Å². The molecule has 0 aliphatic heterocycles. The van der Waals surface area contributed by atoms with E-state index in [0.717, 1.165) is 19.4 Å². The molecule has 1 aromatic rings. The number of nitrogens with one attached hydrogen (secondary N) is 1. The second-order valence-electron chi connectivity index (χ2n) is 5.12. The van der Waals surface area contributed by atoms with Crippen LogP contribution in [-0.2, 0) is 6.54 Å². The van der Waals surface area contributed by atoms with Crippen LogP contribution in [0.2, 0.25) is 0 Å². The van der Waals surface area contributed by atoms with Gasteiger partial charge in [0.15, 0.2) is 0 Å². The molecule has 0 amide bonds. The minimum absolute atomic E-state index is 0.165. The van der Waals surface area contributed by atoms with Gasteiger partial charge in [0.2, 0.25) is 0 Å². The Morgan fingerprint density at radius 3 is 2.76 bits per heavy atom. The quantitative estimate of drug-likeness (QED) is 0.787. The molecule has 2 rings (SSSR count). The molecule has 1 saturated carbocycles. The van der Waals surface area contributed by atoms with E-state index >= 15 is 0 Å². The first-order valence-corrected chi connectivity index (χ1v) is 6.73. The Bertz CT molecular complexity index is 351. The van der Waals surface area contributed by atoms with Gasteiger partial charge in [-0.3, -0.25) is 0 Å². The molecular formula is C15H23NO. The summed E-state index contributed by atoms with van der Waals surface area (Å²) in [5.41, 5.74) is 2.66. The van der Waals surface area contributed by atoms with E-state index in [-0.39, 0.29) is 12.1 Å². The van der Waals surface area contributed by atoms with Gasteiger partial charge in [-0.15, -0.1) is 0 Å². The highest BCUT2D eigenvalue weighted by atomic mass is 16.3. The second-order valence-corrected chi connectivity index (χ2v) is 5.12. The summed E-state index contributed by atoms with van der Waals surface area (Å²) in [5.74, 6) is 0. The Hall–Kier alpha value is -0.860. The lowest BCUT2D eigenvalue weighted by atomic mass is 10.0. The van der Waals surface area contributed by atoms with E-state index in [1.54, 1.807) is 0 Å². The molecule has 0 spiro atoms. The molecule has 17 heavy (non-hydrogen) atoms. The van der Waals surface area contributed by atoms with Crippen LogP contribution in [0.4, 0.5) is 0 Å². The van der Waals surface area contributed by atoms with Crippen LogP contribution in [-0.4, -0.2) is 17.3 Å². The van der Waals surface area contributed by atoms with Crippen LogP contribution in [0, 0.1) is 6.92 Å². The molecule has 2 nitrogen and oxygen atoms in total. The molecule has 0 saturated heterocycles. The zero-order valence-corrected chi connectivity index (χ0v) is 10.7. The monoisotopic (exact) mass is 233 g/mol. The third kappa shape index (κ3) is 3.55. The van der Waals surface area contributed by atoms with Crippen LogP contribution >= 0.6 is 0 Å². The Labute approximate surface area is 104 Å². The molecule has 0 heterocycles. The van der Waals surface area contributed by atoms with Crippen molar-refractivity contribution in [2.24, 2.45) is 0 Å². The summed E-state index contributed by atoms with van der Waals surface area (Å²) in [7, 11) is 0. The standard InChI is InChI=1S/C15H23NO/c1-12-7-5-6-8-13(12)11-16-14-9-3-2-4-10-15(14)17/h5-8,14-17H,2-4,9-11H2,1H3. The second kappa shape index (κ2) is 6.18. The molecule has 2 unspecified atom stereocenters. The first-order valence-electron chi connectivity index (χ1n) is 6.73. The SMILES string of the molecule is Cc1ccccc1CNC1CCCCCC1O. The van der Waals surface area contributed by atoms with Gasteiger partial charge >= 0.3 is 0 Å². The summed E-state index contributed by atoms with van der Waals surface area (Å²) in [5, 5.41) is 13.6. The van der Waals surface area contributed by atoms with E-state index in [0.29, 0.717) is 0 Å². The van der Waals surface area contributed by atoms with Gasteiger partial charge in [0.25, 0.3) is 0 Å². The molecule has 2 heteroatoms. The topological polar surface area (TPSA) is 32.3 Å². The van der Waals surface area contributed by atoms with Crippen molar-refractivity contribution in [3.8, 4) is 0 Å². The Balaban J connectivity index is 1.90. The summed E-state index contributed by atoms with van der Waals surface area (Å²) in [4.78, 5) is 0. The summed E-state index contributed by atoms with van der Waals surface area (Å²) >= 11 is 0. The van der Waals surface area contributed by atoms with Crippen molar-refractivity contribution in [2.45, 2.75) is 57.7 Å². The third-order valence-electron chi connectivity index (χ3n) is 3.80. The summed E-state index contributed by atoms with van der Waals surface area (Å²) in [6, 6.07) is 8.72. The highest BCUT2D eigenvalue weighted by Crippen LogP contribution is 2.18. The van der Waals surface area contributed by atoms with Crippen LogP contribution in [0.5, 0.6) is 0 Å². The minimum Gasteiger partial charge on any atom is -0.392 e. The Morgan fingerprint density at radius 1 is 1.18 bits per heavy atom. The number of hydrogen-bond donors (Lipinski definition) is 2. The van der Waals surface area contributed by atoms with Gasteiger partial charge in [0.1, 0.15) is 0 Å². The highest BCUT2D eigenvalue weighted by Gasteiger charge is 2.20. The number of aliphatic hydroxyl groups is 1. The first kappa shape index (κ1) is 12.6. The van der Waals surface area contributed by atoms with Gasteiger partial charge in [0, 0.05) is 12.6 Å². The minimum atomic E-state index is -0.165. The largest absolute Gasteiger partial charge is 0.392 e. The molecule has 94 valence electrons. The third-order valence-corrected chi connectivity index (χ3v) is 3.80. The van der Waals surface area contributed by atoms with E-state index in [2.05, 4.69) is 36.5 Å². The lowest BCUT2D eigenvalue weighted by molar-refractivity contribution is 0.119. The number of aryl methyl sites for hydroxylation is 1. The van der Waals surface area contributed by atoms with Crippen LogP contribution in [0.25, 0.3) is 0 Å². The predicted octanol–water partition coefficient (Wildman–Crippen LogP) is 2.78. The average molecular weight is 233 g/mol. The lowest BCUT2D eigenvalue weighted by Gasteiger charge is -2.22. The maximum absolute atomic E-state index is 10.0. The molecule has 0 radical (unpaired) electrons. The van der Waals surface area contributed by atoms with Gasteiger partial charge in [-0.25, -0.2) is 0 Å². The fourth-order valence-corrected chi connectivity index (χ4v) is 2.58. The molecule has 0 aromatic heterocycles. The fraction of sp³-hybridized carbons (Fsp3) is 0.600. The Morgan fingerprint density at radius 2 is 1.94 bits per heavy atom. The highest BCUT2D eigenvalue weighted by molar-refractivity contribution is 5.25. The zero-order chi connectivity index (χ0) is 12.1. The predicted molar refractivity (Wildman–Crippen MR) is 70.9 cm³/mol. The van der Waals surface area contributed by atoms with E-state index in [9.17, 15) is 5.11 Å². The normalized spacial score (nSPS) is 25.5. The molecule has 0 bridgehead atoms. The van der Waals surface area contributed by atoms with E-state index in [4.69, 9.17) is 0 Å². The molecule has 1 aliphatic rings. The summed E-state index contributed by atoms with van der Waals surface area (Å²) < 4.78 is 0. The molecule has 2 N–H and O–H groups in total. The van der Waals surface area contributed by atoms with Crippen molar-refractivity contribution in [1.82, 2.24) is 5.32 Å². The number of rotatable bonds is 3. The van der Waals surface area contributed by atoms with Crippen molar-refractivity contribution < 1.29 is 5.11 Å². The Kier molecular flexibility index (Phi) is 4.57. The molecule has 1 fully saturated rings. The molecule has 1 aliphatic carbocycles. The summed E-state index contributed by atoms with van der Waals surface area (Å²) in [6.45, 7) is 3.01. The van der Waals surface area contributed by atoms with Gasteiger partial charge in [-0.05, 0) is 30.9 Å². The number of aliphatic hydroxyl groups excluding tert-OH is 1. The molecule has 1 aromatic carbocycles. The first-order chi connectivity index (χ1) is 8.27. The zero-order valence-electron chi connectivity index (χ0n) is 10.7. The smallest absolute Gasteiger partial charge is 0.0693 e. The van der Waals surface area contributed by atoms with Crippen molar-refractivity contribution in [3.63, 3.8) is 0 Å². The van der Waals surface area contributed by atoms with E-state index in [1.165, 1.54) is 30.4 Å². The van der Waals surface area contributed by atoms with Gasteiger partial charge in [0.05, 0.1) is 6.10 Å². The van der Waals surface area contributed by atoms with Gasteiger partial charge in [-0.2, -0.15) is 0 Å². The van der Waals surface area contributed by atoms with E-state index in [1.807, 2.05) is 0 Å². The average Bonchev–Trinajstić information content (AvgIpc) is 2.53. The van der Waals surface area contributed by atoms with Crippen molar-refractivity contribution >= 4 is 0 Å². The maximum atomic E-state index is 10.0. The van der Waals surface area contributed by atoms with Crippen molar-refractivity contribution in [3.05, 3.63) is 35.4 Å².